The second-order valence-corrected chi connectivity index (χ2v) is 3.08. The Balaban J connectivity index is 2.71. The van der Waals surface area contributed by atoms with Crippen LogP contribution in [0.1, 0.15) is 23.7 Å². The van der Waals surface area contributed by atoms with Gasteiger partial charge < -0.3 is 4.74 Å². The summed E-state index contributed by atoms with van der Waals surface area (Å²) in [4.78, 5) is 11.5. The minimum absolute atomic E-state index is 0.0472. The third kappa shape index (κ3) is 3.81. The van der Waals surface area contributed by atoms with Gasteiger partial charge >= 0.3 is 6.61 Å². The van der Waals surface area contributed by atoms with Crippen molar-refractivity contribution in [1.82, 2.24) is 0 Å². The number of ketones is 1. The van der Waals surface area contributed by atoms with Crippen molar-refractivity contribution in [2.75, 3.05) is 0 Å². The molecule has 0 spiro atoms. The fourth-order valence-corrected chi connectivity index (χ4v) is 1.12. The van der Waals surface area contributed by atoms with E-state index in [-0.39, 0.29) is 11.5 Å². The Morgan fingerprint density at radius 1 is 1.38 bits per heavy atom. The molecule has 0 heterocycles. The molecule has 0 aromatic heterocycles. The van der Waals surface area contributed by atoms with Gasteiger partial charge in [0, 0.05) is 5.56 Å². The summed E-state index contributed by atoms with van der Waals surface area (Å²) in [6.45, 7) is -0.926. The summed E-state index contributed by atoms with van der Waals surface area (Å²) in [7, 11) is 0. The smallest absolute Gasteiger partial charge is 0.387 e. The molecule has 1 aromatic carbocycles. The van der Waals surface area contributed by atoms with Gasteiger partial charge in [0.25, 0.3) is 0 Å². The van der Waals surface area contributed by atoms with Crippen LogP contribution in [0.3, 0.4) is 0 Å². The molecule has 0 bridgehead atoms. The molecule has 4 heteroatoms. The second-order valence-electron chi connectivity index (χ2n) is 3.08. The van der Waals surface area contributed by atoms with Gasteiger partial charge in [0.05, 0.1) is 0 Å². The lowest BCUT2D eigenvalue weighted by molar-refractivity contribution is -0.0498. The summed E-state index contributed by atoms with van der Waals surface area (Å²) in [5.74, 6) is -0.100. The summed E-state index contributed by atoms with van der Waals surface area (Å²) in [5, 5.41) is 0. The summed E-state index contributed by atoms with van der Waals surface area (Å²) in [6, 6.07) is 5.61. The summed E-state index contributed by atoms with van der Waals surface area (Å²) >= 11 is 0. The van der Waals surface area contributed by atoms with Crippen LogP contribution < -0.4 is 4.74 Å². The van der Waals surface area contributed by atoms with Gasteiger partial charge in [0.1, 0.15) is 5.75 Å². The molecule has 86 valence electrons. The number of halogens is 2. The number of alkyl halides is 2. The molecule has 0 N–H and O–H groups in total. The standard InChI is InChI=1S/C12H12F2O2/c1-2-3-4-11(15)9-5-7-10(8-6-9)16-12(13)14/h3-8,12H,2H2,1H3/b4-3+. The highest BCUT2D eigenvalue weighted by Gasteiger charge is 2.05. The summed E-state index contributed by atoms with van der Waals surface area (Å²) < 4.78 is 27.9. The molecule has 0 atom stereocenters. The molecule has 0 saturated heterocycles. The van der Waals surface area contributed by atoms with E-state index >= 15 is 0 Å². The first-order valence-corrected chi connectivity index (χ1v) is 4.89. The number of benzene rings is 1. The van der Waals surface area contributed by atoms with Crippen molar-refractivity contribution in [2.24, 2.45) is 0 Å². The lowest BCUT2D eigenvalue weighted by Gasteiger charge is -2.04. The van der Waals surface area contributed by atoms with Crippen molar-refractivity contribution in [1.29, 1.82) is 0 Å². The van der Waals surface area contributed by atoms with E-state index in [1.807, 2.05) is 6.92 Å². The molecule has 2 nitrogen and oxygen atoms in total. The van der Waals surface area contributed by atoms with Crippen LogP contribution in [0.15, 0.2) is 36.4 Å². The van der Waals surface area contributed by atoms with Crippen molar-refractivity contribution in [3.05, 3.63) is 42.0 Å². The zero-order valence-corrected chi connectivity index (χ0v) is 8.82. The van der Waals surface area contributed by atoms with Crippen molar-refractivity contribution in [2.45, 2.75) is 20.0 Å². The SMILES string of the molecule is CC/C=C/C(=O)c1ccc(OC(F)F)cc1. The fraction of sp³-hybridized carbons (Fsp3) is 0.250. The minimum atomic E-state index is -2.85. The summed E-state index contributed by atoms with van der Waals surface area (Å²) in [6.07, 6.45) is 3.98. The second kappa shape index (κ2) is 6.00. The molecule has 0 radical (unpaired) electrons. The van der Waals surface area contributed by atoms with Crippen molar-refractivity contribution >= 4 is 5.78 Å². The first-order valence-electron chi connectivity index (χ1n) is 4.89. The van der Waals surface area contributed by atoms with Gasteiger partial charge in [0.15, 0.2) is 5.78 Å². The van der Waals surface area contributed by atoms with E-state index in [0.717, 1.165) is 6.42 Å². The van der Waals surface area contributed by atoms with Gasteiger partial charge in [-0.15, -0.1) is 0 Å². The van der Waals surface area contributed by atoms with E-state index in [4.69, 9.17) is 0 Å². The molecule has 1 rings (SSSR count). The average Bonchev–Trinajstić information content (AvgIpc) is 2.26. The quantitative estimate of drug-likeness (QED) is 0.568. The molecular formula is C12H12F2O2. The van der Waals surface area contributed by atoms with E-state index in [0.29, 0.717) is 5.56 Å². The van der Waals surface area contributed by atoms with Crippen LogP contribution >= 0.6 is 0 Å². The number of hydrogen-bond acceptors (Lipinski definition) is 2. The van der Waals surface area contributed by atoms with Crippen LogP contribution in [0.4, 0.5) is 8.78 Å². The van der Waals surface area contributed by atoms with Gasteiger partial charge in [-0.05, 0) is 36.8 Å². The van der Waals surface area contributed by atoms with Gasteiger partial charge in [-0.3, -0.25) is 4.79 Å². The van der Waals surface area contributed by atoms with Crippen LogP contribution in [-0.4, -0.2) is 12.4 Å². The van der Waals surface area contributed by atoms with E-state index < -0.39 is 6.61 Å². The maximum absolute atomic E-state index is 11.8. The predicted molar refractivity (Wildman–Crippen MR) is 56.8 cm³/mol. The van der Waals surface area contributed by atoms with Crippen LogP contribution in [0.2, 0.25) is 0 Å². The van der Waals surface area contributed by atoms with E-state index in [9.17, 15) is 13.6 Å². The number of hydrogen-bond donors (Lipinski definition) is 0. The lowest BCUT2D eigenvalue weighted by atomic mass is 10.1. The molecule has 1 aromatic rings. The zero-order valence-electron chi connectivity index (χ0n) is 8.82. The predicted octanol–water partition coefficient (Wildman–Crippen LogP) is 3.44. The molecule has 0 aliphatic carbocycles. The Morgan fingerprint density at radius 3 is 2.50 bits per heavy atom. The highest BCUT2D eigenvalue weighted by Crippen LogP contribution is 2.15. The Bertz CT molecular complexity index is 369. The minimum Gasteiger partial charge on any atom is -0.435 e. The first-order chi connectivity index (χ1) is 7.63. The Hall–Kier alpha value is -1.71. The monoisotopic (exact) mass is 226 g/mol. The van der Waals surface area contributed by atoms with Crippen molar-refractivity contribution in [3.8, 4) is 5.75 Å². The van der Waals surface area contributed by atoms with E-state index in [1.165, 1.54) is 30.3 Å². The van der Waals surface area contributed by atoms with E-state index in [1.54, 1.807) is 6.08 Å². The molecule has 0 aliphatic heterocycles. The molecule has 0 unspecified atom stereocenters. The third-order valence-electron chi connectivity index (χ3n) is 1.87. The Morgan fingerprint density at radius 2 is 2.00 bits per heavy atom. The number of carbonyl (C=O) groups excluding carboxylic acids is 1. The average molecular weight is 226 g/mol. The maximum atomic E-state index is 11.8. The van der Waals surface area contributed by atoms with E-state index in [2.05, 4.69) is 4.74 Å². The van der Waals surface area contributed by atoms with Crippen molar-refractivity contribution in [3.63, 3.8) is 0 Å². The van der Waals surface area contributed by atoms with Gasteiger partial charge in [-0.2, -0.15) is 8.78 Å². The van der Waals surface area contributed by atoms with Gasteiger partial charge in [-0.1, -0.05) is 13.0 Å². The fourth-order valence-electron chi connectivity index (χ4n) is 1.12. The number of ether oxygens (including phenoxy) is 1. The van der Waals surface area contributed by atoms with Crippen molar-refractivity contribution < 1.29 is 18.3 Å². The van der Waals surface area contributed by atoms with Gasteiger partial charge in [0.2, 0.25) is 0 Å². The molecule has 0 aliphatic rings. The summed E-state index contributed by atoms with van der Waals surface area (Å²) in [5.41, 5.74) is 0.450. The van der Waals surface area contributed by atoms with Crippen LogP contribution in [-0.2, 0) is 0 Å². The lowest BCUT2D eigenvalue weighted by Crippen LogP contribution is -2.02. The molecular weight excluding hydrogens is 214 g/mol. The molecule has 0 fully saturated rings. The maximum Gasteiger partial charge on any atom is 0.387 e. The largest absolute Gasteiger partial charge is 0.435 e. The Labute approximate surface area is 92.5 Å². The molecule has 16 heavy (non-hydrogen) atoms. The number of carbonyl (C=O) groups is 1. The van der Waals surface area contributed by atoms with Crippen LogP contribution in [0.5, 0.6) is 5.75 Å². The molecule has 0 saturated carbocycles. The topological polar surface area (TPSA) is 26.3 Å². The highest BCUT2D eigenvalue weighted by atomic mass is 19.3. The van der Waals surface area contributed by atoms with Gasteiger partial charge in [-0.25, -0.2) is 0 Å². The first kappa shape index (κ1) is 12.4. The van der Waals surface area contributed by atoms with Crippen LogP contribution in [0.25, 0.3) is 0 Å². The normalized spacial score (nSPS) is 11.0. The van der Waals surface area contributed by atoms with Crippen LogP contribution in [0, 0.1) is 0 Å². The highest BCUT2D eigenvalue weighted by molar-refractivity contribution is 6.04. The number of allylic oxidation sites excluding steroid dienone is 2. The number of rotatable bonds is 5. The zero-order chi connectivity index (χ0) is 12.0. The Kier molecular flexibility index (Phi) is 4.64. The third-order valence-corrected chi connectivity index (χ3v) is 1.87. The molecule has 0 amide bonds.